The molecule has 0 saturated carbocycles. The summed E-state index contributed by atoms with van der Waals surface area (Å²) >= 11 is 12.1. The van der Waals surface area contributed by atoms with Crippen LogP contribution in [-0.2, 0) is 11.3 Å². The Hall–Kier alpha value is -2.30. The van der Waals surface area contributed by atoms with E-state index >= 15 is 0 Å². The summed E-state index contributed by atoms with van der Waals surface area (Å²) in [4.78, 5) is 18.2. The molecule has 1 amide bonds. The third kappa shape index (κ3) is 3.61. The molecule has 0 unspecified atom stereocenters. The van der Waals surface area contributed by atoms with Gasteiger partial charge in [0, 0.05) is 30.9 Å². The van der Waals surface area contributed by atoms with Gasteiger partial charge in [0.25, 0.3) is 0 Å². The van der Waals surface area contributed by atoms with Crippen LogP contribution in [-0.4, -0.2) is 27.2 Å². The van der Waals surface area contributed by atoms with Crippen molar-refractivity contribution in [3.63, 3.8) is 0 Å². The van der Waals surface area contributed by atoms with E-state index in [4.69, 9.17) is 23.2 Å². The van der Waals surface area contributed by atoms with Gasteiger partial charge in [-0.3, -0.25) is 9.20 Å². The lowest BCUT2D eigenvalue weighted by molar-refractivity contribution is -0.125. The summed E-state index contributed by atoms with van der Waals surface area (Å²) in [6, 6.07) is 13.1. The molecule has 1 aromatic carbocycles. The van der Waals surface area contributed by atoms with E-state index in [9.17, 15) is 4.79 Å². The Bertz CT molecular complexity index is 918. The lowest BCUT2D eigenvalue weighted by Crippen LogP contribution is -2.24. The molecule has 0 aliphatic heterocycles. The second kappa shape index (κ2) is 7.07. The van der Waals surface area contributed by atoms with Gasteiger partial charge in [-0.2, -0.15) is 0 Å². The molecule has 0 saturated heterocycles. The van der Waals surface area contributed by atoms with Crippen molar-refractivity contribution in [2.45, 2.75) is 6.54 Å². The van der Waals surface area contributed by atoms with Crippen LogP contribution in [0.5, 0.6) is 0 Å². The maximum Gasteiger partial charge on any atom is 0.246 e. The van der Waals surface area contributed by atoms with E-state index in [-0.39, 0.29) is 5.91 Å². The Balaban J connectivity index is 1.75. The van der Waals surface area contributed by atoms with Gasteiger partial charge in [-0.05, 0) is 35.9 Å². The summed E-state index contributed by atoms with van der Waals surface area (Å²) in [5, 5.41) is 1.02. The molecular formula is C18H15Cl2N3O. The summed E-state index contributed by atoms with van der Waals surface area (Å²) in [6.45, 7) is 0.477. The number of benzene rings is 1. The average Bonchev–Trinajstić information content (AvgIpc) is 2.88. The first-order chi connectivity index (χ1) is 11.5. The molecule has 0 radical (unpaired) electrons. The average molecular weight is 360 g/mol. The van der Waals surface area contributed by atoms with Crippen molar-refractivity contribution in [3.8, 4) is 0 Å². The zero-order valence-corrected chi connectivity index (χ0v) is 14.5. The predicted octanol–water partition coefficient (Wildman–Crippen LogP) is 4.31. The number of halogens is 2. The van der Waals surface area contributed by atoms with Gasteiger partial charge in [0.1, 0.15) is 5.65 Å². The van der Waals surface area contributed by atoms with Crippen LogP contribution in [0.25, 0.3) is 11.7 Å². The van der Waals surface area contributed by atoms with E-state index in [0.29, 0.717) is 22.4 Å². The highest BCUT2D eigenvalue weighted by Gasteiger charge is 2.09. The first-order valence-electron chi connectivity index (χ1n) is 7.35. The lowest BCUT2D eigenvalue weighted by atomic mass is 10.2. The summed E-state index contributed by atoms with van der Waals surface area (Å²) in [5.41, 5.74) is 2.39. The smallest absolute Gasteiger partial charge is 0.246 e. The summed E-state index contributed by atoms with van der Waals surface area (Å²) < 4.78 is 1.84. The van der Waals surface area contributed by atoms with Crippen LogP contribution < -0.4 is 0 Å². The Morgan fingerprint density at radius 2 is 2.08 bits per heavy atom. The molecule has 122 valence electrons. The molecule has 6 heteroatoms. The number of carbonyl (C=O) groups excluding carboxylic acids is 1. The van der Waals surface area contributed by atoms with Crippen molar-refractivity contribution in [1.82, 2.24) is 14.3 Å². The van der Waals surface area contributed by atoms with Crippen molar-refractivity contribution in [2.75, 3.05) is 7.05 Å². The Kier molecular flexibility index (Phi) is 4.88. The number of rotatable bonds is 4. The van der Waals surface area contributed by atoms with Crippen LogP contribution in [0.1, 0.15) is 11.3 Å². The van der Waals surface area contributed by atoms with Gasteiger partial charge in [0.2, 0.25) is 5.91 Å². The number of pyridine rings is 1. The third-order valence-electron chi connectivity index (χ3n) is 3.59. The number of nitrogens with zero attached hydrogens (tertiary/aromatic N) is 3. The van der Waals surface area contributed by atoms with E-state index in [1.165, 1.54) is 6.08 Å². The first-order valence-corrected chi connectivity index (χ1v) is 8.10. The van der Waals surface area contributed by atoms with Crippen LogP contribution in [0, 0.1) is 0 Å². The van der Waals surface area contributed by atoms with E-state index in [1.54, 1.807) is 24.1 Å². The van der Waals surface area contributed by atoms with Gasteiger partial charge in [-0.15, -0.1) is 0 Å². The summed E-state index contributed by atoms with van der Waals surface area (Å²) in [6.07, 6.45) is 5.03. The SMILES string of the molecule is CN(Cc1cccc(Cl)c1)C(=O)/C=C/c1c(Cl)nc2ccccn12. The van der Waals surface area contributed by atoms with E-state index < -0.39 is 0 Å². The van der Waals surface area contributed by atoms with Crippen molar-refractivity contribution >= 4 is 40.8 Å². The fourth-order valence-electron chi connectivity index (χ4n) is 2.40. The molecule has 0 spiro atoms. The third-order valence-corrected chi connectivity index (χ3v) is 4.10. The minimum Gasteiger partial charge on any atom is -0.338 e. The number of hydrogen-bond acceptors (Lipinski definition) is 2. The molecule has 3 aromatic rings. The maximum atomic E-state index is 12.3. The Morgan fingerprint density at radius 3 is 2.88 bits per heavy atom. The van der Waals surface area contributed by atoms with Crippen LogP contribution in [0.2, 0.25) is 10.2 Å². The quantitative estimate of drug-likeness (QED) is 0.650. The molecule has 0 aliphatic carbocycles. The molecular weight excluding hydrogens is 345 g/mol. The van der Waals surface area contributed by atoms with Gasteiger partial charge in [-0.1, -0.05) is 41.4 Å². The molecule has 0 N–H and O–H groups in total. The van der Waals surface area contributed by atoms with Crippen molar-refractivity contribution in [1.29, 1.82) is 0 Å². The largest absolute Gasteiger partial charge is 0.338 e. The number of imidazole rings is 1. The highest BCUT2D eigenvalue weighted by atomic mass is 35.5. The second-order valence-corrected chi connectivity index (χ2v) is 6.17. The fourth-order valence-corrected chi connectivity index (χ4v) is 2.85. The molecule has 24 heavy (non-hydrogen) atoms. The summed E-state index contributed by atoms with van der Waals surface area (Å²) in [7, 11) is 1.74. The van der Waals surface area contributed by atoms with Gasteiger partial charge in [-0.25, -0.2) is 4.98 Å². The number of carbonyl (C=O) groups is 1. The normalized spacial score (nSPS) is 11.3. The van der Waals surface area contributed by atoms with Gasteiger partial charge < -0.3 is 4.90 Å². The molecule has 0 fully saturated rings. The number of hydrogen-bond donors (Lipinski definition) is 0. The molecule has 4 nitrogen and oxygen atoms in total. The van der Waals surface area contributed by atoms with Gasteiger partial charge >= 0.3 is 0 Å². The molecule has 0 bridgehead atoms. The van der Waals surface area contributed by atoms with Crippen LogP contribution in [0.15, 0.2) is 54.7 Å². The molecule has 0 atom stereocenters. The molecule has 2 aromatic heterocycles. The zero-order valence-electron chi connectivity index (χ0n) is 13.0. The number of amides is 1. The first kappa shape index (κ1) is 16.6. The molecule has 0 aliphatic rings. The topological polar surface area (TPSA) is 37.6 Å². The van der Waals surface area contributed by atoms with Crippen molar-refractivity contribution < 1.29 is 4.79 Å². The van der Waals surface area contributed by atoms with Crippen LogP contribution >= 0.6 is 23.2 Å². The zero-order chi connectivity index (χ0) is 17.1. The maximum absolute atomic E-state index is 12.3. The monoisotopic (exact) mass is 359 g/mol. The summed E-state index contributed by atoms with van der Waals surface area (Å²) in [5.74, 6) is -0.128. The highest BCUT2D eigenvalue weighted by molar-refractivity contribution is 6.31. The minimum absolute atomic E-state index is 0.128. The molecule has 3 rings (SSSR count). The number of likely N-dealkylation sites (N-methyl/N-ethyl adjacent to an activating group) is 1. The van der Waals surface area contributed by atoms with Crippen LogP contribution in [0.4, 0.5) is 0 Å². The molecule has 2 heterocycles. The van der Waals surface area contributed by atoms with E-state index in [1.807, 2.05) is 47.0 Å². The van der Waals surface area contributed by atoms with Gasteiger partial charge in [0.05, 0.1) is 5.69 Å². The number of aromatic nitrogens is 2. The minimum atomic E-state index is -0.128. The second-order valence-electron chi connectivity index (χ2n) is 5.37. The van der Waals surface area contributed by atoms with Gasteiger partial charge in [0.15, 0.2) is 5.15 Å². The predicted molar refractivity (Wildman–Crippen MR) is 97.2 cm³/mol. The van der Waals surface area contributed by atoms with Crippen molar-refractivity contribution in [2.24, 2.45) is 0 Å². The van der Waals surface area contributed by atoms with E-state index in [2.05, 4.69) is 4.98 Å². The highest BCUT2D eigenvalue weighted by Crippen LogP contribution is 2.19. The fraction of sp³-hybridized carbons (Fsp3) is 0.111. The number of fused-ring (bicyclic) bond motifs is 1. The van der Waals surface area contributed by atoms with Crippen molar-refractivity contribution in [3.05, 3.63) is 76.2 Å². The Morgan fingerprint density at radius 1 is 1.25 bits per heavy atom. The Labute approximate surface area is 149 Å². The van der Waals surface area contributed by atoms with Crippen LogP contribution in [0.3, 0.4) is 0 Å². The lowest BCUT2D eigenvalue weighted by Gasteiger charge is -2.15. The van der Waals surface area contributed by atoms with E-state index in [0.717, 1.165) is 11.2 Å². The standard InChI is InChI=1S/C18H15Cl2N3O/c1-22(12-13-5-4-6-14(19)11-13)17(24)9-8-15-18(20)21-16-7-2-3-10-23(15)16/h2-11H,12H2,1H3/b9-8+.